The van der Waals surface area contributed by atoms with E-state index in [2.05, 4.69) is 5.10 Å². The quantitative estimate of drug-likeness (QED) is 0.591. The average molecular weight is 281 g/mol. The van der Waals surface area contributed by atoms with Crippen LogP contribution in [0.3, 0.4) is 0 Å². The summed E-state index contributed by atoms with van der Waals surface area (Å²) in [4.78, 5) is 11.9. The molecule has 0 saturated heterocycles. The van der Waals surface area contributed by atoms with Gasteiger partial charge in [-0.1, -0.05) is 30.3 Å². The zero-order chi connectivity index (χ0) is 14.8. The Labute approximate surface area is 121 Å². The van der Waals surface area contributed by atoms with E-state index < -0.39 is 5.97 Å². The average Bonchev–Trinajstić information content (AvgIpc) is 2.90. The number of nitrogen functional groups attached to an aromatic ring is 1. The van der Waals surface area contributed by atoms with Gasteiger partial charge in [0.1, 0.15) is 0 Å². The number of fused-ring (bicyclic) bond motifs is 1. The van der Waals surface area contributed by atoms with Crippen LogP contribution in [0.15, 0.2) is 48.7 Å². The SMILES string of the molecule is COC(=O)c1c(N)cccc1Cn1ncc2ccccc21. The van der Waals surface area contributed by atoms with Gasteiger partial charge in [-0.15, -0.1) is 0 Å². The van der Waals surface area contributed by atoms with Crippen molar-refractivity contribution in [1.29, 1.82) is 0 Å². The molecule has 0 spiro atoms. The van der Waals surface area contributed by atoms with E-state index in [0.29, 0.717) is 17.8 Å². The molecule has 5 nitrogen and oxygen atoms in total. The molecule has 0 aliphatic heterocycles. The topological polar surface area (TPSA) is 70.1 Å². The van der Waals surface area contributed by atoms with Gasteiger partial charge in [0, 0.05) is 11.1 Å². The Balaban J connectivity index is 2.06. The van der Waals surface area contributed by atoms with Crippen LogP contribution in [0.4, 0.5) is 5.69 Å². The van der Waals surface area contributed by atoms with Crippen molar-refractivity contribution in [1.82, 2.24) is 9.78 Å². The lowest BCUT2D eigenvalue weighted by molar-refractivity contribution is 0.0600. The fraction of sp³-hybridized carbons (Fsp3) is 0.125. The van der Waals surface area contributed by atoms with Crippen LogP contribution < -0.4 is 5.73 Å². The number of nitrogens with two attached hydrogens (primary N) is 1. The van der Waals surface area contributed by atoms with Crippen LogP contribution in [0, 0.1) is 0 Å². The van der Waals surface area contributed by atoms with Crippen molar-refractivity contribution in [3.8, 4) is 0 Å². The first-order valence-electron chi connectivity index (χ1n) is 6.57. The summed E-state index contributed by atoms with van der Waals surface area (Å²) in [5.74, 6) is -0.431. The molecule has 0 bridgehead atoms. The van der Waals surface area contributed by atoms with Gasteiger partial charge in [-0.25, -0.2) is 4.79 Å². The molecular formula is C16H15N3O2. The highest BCUT2D eigenvalue weighted by Crippen LogP contribution is 2.21. The zero-order valence-electron chi connectivity index (χ0n) is 11.6. The maximum atomic E-state index is 11.9. The summed E-state index contributed by atoms with van der Waals surface area (Å²) in [6.45, 7) is 0.461. The molecule has 0 aliphatic carbocycles. The van der Waals surface area contributed by atoms with Crippen LogP contribution in [-0.2, 0) is 11.3 Å². The first-order chi connectivity index (χ1) is 10.2. The normalized spacial score (nSPS) is 10.7. The minimum atomic E-state index is -0.431. The van der Waals surface area contributed by atoms with Crippen molar-refractivity contribution in [2.24, 2.45) is 0 Å². The number of rotatable bonds is 3. The zero-order valence-corrected chi connectivity index (χ0v) is 11.6. The van der Waals surface area contributed by atoms with Crippen molar-refractivity contribution in [3.05, 3.63) is 59.8 Å². The van der Waals surface area contributed by atoms with Crippen molar-refractivity contribution in [3.63, 3.8) is 0 Å². The molecule has 3 aromatic rings. The molecule has 0 aliphatic rings. The summed E-state index contributed by atoms with van der Waals surface area (Å²) >= 11 is 0. The molecular weight excluding hydrogens is 266 g/mol. The molecule has 3 rings (SSSR count). The van der Waals surface area contributed by atoms with Crippen molar-refractivity contribution in [2.75, 3.05) is 12.8 Å². The largest absolute Gasteiger partial charge is 0.465 e. The predicted octanol–water partition coefficient (Wildman–Crippen LogP) is 2.45. The molecule has 0 atom stereocenters. The summed E-state index contributed by atoms with van der Waals surface area (Å²) < 4.78 is 6.66. The summed E-state index contributed by atoms with van der Waals surface area (Å²) in [7, 11) is 1.35. The fourth-order valence-electron chi connectivity index (χ4n) is 2.42. The molecule has 2 N–H and O–H groups in total. The Kier molecular flexibility index (Phi) is 3.31. The number of para-hydroxylation sites is 1. The van der Waals surface area contributed by atoms with E-state index in [1.807, 2.05) is 41.1 Å². The van der Waals surface area contributed by atoms with Gasteiger partial charge in [0.25, 0.3) is 0 Å². The number of esters is 1. The smallest absolute Gasteiger partial charge is 0.340 e. The number of carbonyl (C=O) groups excluding carboxylic acids is 1. The van der Waals surface area contributed by atoms with E-state index in [1.54, 1.807) is 12.3 Å². The van der Waals surface area contributed by atoms with E-state index in [9.17, 15) is 4.79 Å². The lowest BCUT2D eigenvalue weighted by atomic mass is 10.1. The van der Waals surface area contributed by atoms with Crippen LogP contribution in [0.1, 0.15) is 15.9 Å². The van der Waals surface area contributed by atoms with Gasteiger partial charge in [0.05, 0.1) is 30.9 Å². The summed E-state index contributed by atoms with van der Waals surface area (Å²) in [6, 6.07) is 13.3. The third-order valence-corrected chi connectivity index (χ3v) is 3.44. The van der Waals surface area contributed by atoms with Crippen LogP contribution in [-0.4, -0.2) is 22.9 Å². The third kappa shape index (κ3) is 2.33. The Bertz CT molecular complexity index is 808. The monoisotopic (exact) mass is 281 g/mol. The number of anilines is 1. The van der Waals surface area contributed by atoms with Crippen LogP contribution in [0.2, 0.25) is 0 Å². The Morgan fingerprint density at radius 1 is 1.24 bits per heavy atom. The van der Waals surface area contributed by atoms with Crippen LogP contribution >= 0.6 is 0 Å². The second-order valence-corrected chi connectivity index (χ2v) is 4.73. The van der Waals surface area contributed by atoms with Gasteiger partial charge in [0.2, 0.25) is 0 Å². The Morgan fingerprint density at radius 2 is 2.05 bits per heavy atom. The first-order valence-corrected chi connectivity index (χ1v) is 6.57. The fourth-order valence-corrected chi connectivity index (χ4v) is 2.42. The molecule has 0 radical (unpaired) electrons. The highest BCUT2D eigenvalue weighted by Gasteiger charge is 2.16. The lowest BCUT2D eigenvalue weighted by Crippen LogP contribution is -2.12. The molecule has 0 unspecified atom stereocenters. The second-order valence-electron chi connectivity index (χ2n) is 4.73. The van der Waals surface area contributed by atoms with Gasteiger partial charge in [0.15, 0.2) is 0 Å². The highest BCUT2D eigenvalue weighted by atomic mass is 16.5. The molecule has 5 heteroatoms. The Morgan fingerprint density at radius 3 is 2.86 bits per heavy atom. The molecule has 0 amide bonds. The maximum absolute atomic E-state index is 11.9. The number of nitrogens with zero attached hydrogens (tertiary/aromatic N) is 2. The summed E-state index contributed by atoms with van der Waals surface area (Å²) in [5, 5.41) is 5.43. The van der Waals surface area contributed by atoms with Gasteiger partial charge < -0.3 is 10.5 Å². The molecule has 21 heavy (non-hydrogen) atoms. The van der Waals surface area contributed by atoms with Gasteiger partial charge in [-0.3, -0.25) is 4.68 Å². The minimum Gasteiger partial charge on any atom is -0.465 e. The number of hydrogen-bond acceptors (Lipinski definition) is 4. The maximum Gasteiger partial charge on any atom is 0.340 e. The standard InChI is InChI=1S/C16H15N3O2/c1-21-16(20)15-12(6-4-7-13(15)17)10-19-14-8-3-2-5-11(14)9-18-19/h2-9H,10,17H2,1H3. The van der Waals surface area contributed by atoms with Gasteiger partial charge >= 0.3 is 5.97 Å². The van der Waals surface area contributed by atoms with E-state index >= 15 is 0 Å². The van der Waals surface area contributed by atoms with Crippen molar-refractivity contribution >= 4 is 22.6 Å². The molecule has 2 aromatic carbocycles. The van der Waals surface area contributed by atoms with Gasteiger partial charge in [-0.2, -0.15) is 5.10 Å². The van der Waals surface area contributed by atoms with E-state index in [-0.39, 0.29) is 0 Å². The summed E-state index contributed by atoms with van der Waals surface area (Å²) in [6.07, 6.45) is 1.81. The molecule has 1 heterocycles. The minimum absolute atomic E-state index is 0.402. The lowest BCUT2D eigenvalue weighted by Gasteiger charge is -2.11. The molecule has 0 fully saturated rings. The molecule has 0 saturated carbocycles. The van der Waals surface area contributed by atoms with Crippen molar-refractivity contribution in [2.45, 2.75) is 6.54 Å². The second kappa shape index (κ2) is 5.28. The van der Waals surface area contributed by atoms with E-state index in [0.717, 1.165) is 16.5 Å². The highest BCUT2D eigenvalue weighted by molar-refractivity contribution is 5.96. The number of aromatic nitrogens is 2. The first kappa shape index (κ1) is 13.2. The van der Waals surface area contributed by atoms with Gasteiger partial charge in [-0.05, 0) is 17.7 Å². The van der Waals surface area contributed by atoms with E-state index in [4.69, 9.17) is 10.5 Å². The Hall–Kier alpha value is -2.82. The number of ether oxygens (including phenoxy) is 1. The number of methoxy groups -OCH3 is 1. The van der Waals surface area contributed by atoms with Crippen molar-refractivity contribution < 1.29 is 9.53 Å². The third-order valence-electron chi connectivity index (χ3n) is 3.44. The molecule has 1 aromatic heterocycles. The van der Waals surface area contributed by atoms with E-state index in [1.165, 1.54) is 7.11 Å². The van der Waals surface area contributed by atoms with Crippen LogP contribution in [0.5, 0.6) is 0 Å². The number of carbonyl (C=O) groups is 1. The van der Waals surface area contributed by atoms with Crippen LogP contribution in [0.25, 0.3) is 10.9 Å². The number of hydrogen-bond donors (Lipinski definition) is 1. The molecule has 106 valence electrons. The summed E-state index contributed by atoms with van der Waals surface area (Å²) in [5.41, 5.74) is 8.52. The number of benzene rings is 2. The predicted molar refractivity (Wildman–Crippen MR) is 81.0 cm³/mol.